The SMILES string of the molecule is N/C(=C\NCC1OC(O)C(CO)OC1SC1=CNCC(Br)=C1)c1cc(F)c(F)c(F)c1. The molecule has 6 N–H and O–H groups in total. The van der Waals surface area contributed by atoms with Crippen molar-refractivity contribution in [2.24, 2.45) is 5.73 Å². The molecule has 1 aromatic rings. The average molecular weight is 524 g/mol. The van der Waals surface area contributed by atoms with Gasteiger partial charge < -0.3 is 36.1 Å². The van der Waals surface area contributed by atoms with Gasteiger partial charge in [-0.05, 0) is 18.2 Å². The molecule has 31 heavy (non-hydrogen) atoms. The predicted octanol–water partition coefficient (Wildman–Crippen LogP) is 1.83. The highest BCUT2D eigenvalue weighted by Crippen LogP contribution is 2.34. The van der Waals surface area contributed by atoms with Crippen LogP contribution in [0.4, 0.5) is 13.2 Å². The van der Waals surface area contributed by atoms with Gasteiger partial charge in [-0.1, -0.05) is 27.7 Å². The molecule has 7 nitrogen and oxygen atoms in total. The van der Waals surface area contributed by atoms with Crippen molar-refractivity contribution in [3.05, 3.63) is 63.0 Å². The van der Waals surface area contributed by atoms with Crippen LogP contribution in [0.25, 0.3) is 5.70 Å². The molecule has 2 aliphatic heterocycles. The van der Waals surface area contributed by atoms with E-state index in [4.69, 9.17) is 15.2 Å². The van der Waals surface area contributed by atoms with Crippen molar-refractivity contribution in [2.75, 3.05) is 19.7 Å². The summed E-state index contributed by atoms with van der Waals surface area (Å²) in [5, 5.41) is 25.4. The Morgan fingerprint density at radius 2 is 2.00 bits per heavy atom. The lowest BCUT2D eigenvalue weighted by atomic mass is 10.1. The number of allylic oxidation sites excluding steroid dienone is 1. The van der Waals surface area contributed by atoms with Gasteiger partial charge in [0.1, 0.15) is 17.6 Å². The van der Waals surface area contributed by atoms with Crippen LogP contribution in [0.5, 0.6) is 0 Å². The lowest BCUT2D eigenvalue weighted by molar-refractivity contribution is -0.270. The van der Waals surface area contributed by atoms with Crippen molar-refractivity contribution in [3.63, 3.8) is 0 Å². The van der Waals surface area contributed by atoms with Gasteiger partial charge in [0.2, 0.25) is 0 Å². The van der Waals surface area contributed by atoms with Crippen LogP contribution in [0, 0.1) is 17.5 Å². The lowest BCUT2D eigenvalue weighted by Gasteiger charge is -2.39. The summed E-state index contributed by atoms with van der Waals surface area (Å²) >= 11 is 4.75. The summed E-state index contributed by atoms with van der Waals surface area (Å²) in [6.45, 7) is 0.346. The first-order chi connectivity index (χ1) is 14.8. The third-order valence-electron chi connectivity index (χ3n) is 4.38. The minimum atomic E-state index is -1.57. The van der Waals surface area contributed by atoms with Gasteiger partial charge in [0.25, 0.3) is 0 Å². The molecule has 2 aliphatic rings. The molecule has 3 rings (SSSR count). The number of hydrogen-bond acceptors (Lipinski definition) is 8. The maximum absolute atomic E-state index is 13.4. The summed E-state index contributed by atoms with van der Waals surface area (Å²) in [7, 11) is 0. The van der Waals surface area contributed by atoms with Crippen molar-refractivity contribution >= 4 is 33.4 Å². The van der Waals surface area contributed by atoms with Crippen LogP contribution in [-0.4, -0.2) is 53.8 Å². The van der Waals surface area contributed by atoms with Crippen molar-refractivity contribution in [3.8, 4) is 0 Å². The highest BCUT2D eigenvalue weighted by molar-refractivity contribution is 9.11. The van der Waals surface area contributed by atoms with Crippen molar-refractivity contribution in [1.82, 2.24) is 10.6 Å². The summed E-state index contributed by atoms with van der Waals surface area (Å²) in [5.74, 6) is -4.27. The quantitative estimate of drug-likeness (QED) is 0.344. The Hall–Kier alpha value is -1.70. The number of nitrogens with two attached hydrogens (primary N) is 1. The van der Waals surface area contributed by atoms with Gasteiger partial charge in [-0.2, -0.15) is 0 Å². The van der Waals surface area contributed by atoms with E-state index in [1.54, 1.807) is 6.20 Å². The van der Waals surface area contributed by atoms with Crippen LogP contribution in [-0.2, 0) is 9.47 Å². The van der Waals surface area contributed by atoms with E-state index in [2.05, 4.69) is 26.6 Å². The Labute approximate surface area is 189 Å². The fourth-order valence-electron chi connectivity index (χ4n) is 2.83. The molecule has 0 radical (unpaired) electrons. The smallest absolute Gasteiger partial charge is 0.194 e. The fourth-order valence-corrected chi connectivity index (χ4v) is 4.53. The Balaban J connectivity index is 1.68. The Morgan fingerprint density at radius 1 is 1.29 bits per heavy atom. The zero-order valence-corrected chi connectivity index (χ0v) is 18.4. The van der Waals surface area contributed by atoms with Gasteiger partial charge in [0.15, 0.2) is 23.7 Å². The second-order valence-corrected chi connectivity index (χ2v) is 8.88. The van der Waals surface area contributed by atoms with Crippen LogP contribution in [0.2, 0.25) is 0 Å². The van der Waals surface area contributed by atoms with Crippen molar-refractivity contribution in [2.45, 2.75) is 23.9 Å². The topological polar surface area (TPSA) is 109 Å². The number of nitrogens with one attached hydrogen (secondary N) is 2. The summed E-state index contributed by atoms with van der Waals surface area (Å²) in [5.41, 5.74) is 5.16. The number of aliphatic hydroxyl groups excluding tert-OH is 2. The molecule has 0 spiro atoms. The van der Waals surface area contributed by atoms with Gasteiger partial charge in [-0.15, -0.1) is 0 Å². The van der Waals surface area contributed by atoms with E-state index in [0.29, 0.717) is 6.54 Å². The molecule has 0 amide bonds. The molecule has 170 valence electrons. The number of aliphatic hydroxyl groups is 2. The monoisotopic (exact) mass is 523 g/mol. The van der Waals surface area contributed by atoms with E-state index in [9.17, 15) is 23.4 Å². The van der Waals surface area contributed by atoms with Crippen LogP contribution in [0.3, 0.4) is 0 Å². The number of benzene rings is 1. The standard InChI is InChI=1S/C19H21BrF3N3O4S/c20-10-3-11(5-25-4-10)31-19-15(29-18(28)16(8-27)30-19)7-26-6-14(24)9-1-12(21)17(23)13(22)2-9/h1-3,5-6,15-16,18-19,25-28H,4,7-8,24H2/b14-6-. The maximum Gasteiger partial charge on any atom is 0.194 e. The molecule has 2 heterocycles. The largest absolute Gasteiger partial charge is 0.397 e. The summed E-state index contributed by atoms with van der Waals surface area (Å²) in [6, 6.07) is 1.57. The van der Waals surface area contributed by atoms with Gasteiger partial charge in [0.05, 0.1) is 12.3 Å². The van der Waals surface area contributed by atoms with Crippen LogP contribution < -0.4 is 16.4 Å². The van der Waals surface area contributed by atoms with Crippen LogP contribution in [0.15, 0.2) is 40.0 Å². The number of hydrogen-bond donors (Lipinski definition) is 5. The number of ether oxygens (including phenoxy) is 2. The number of dihydropyridines is 1. The predicted molar refractivity (Wildman–Crippen MR) is 114 cm³/mol. The molecule has 4 atom stereocenters. The van der Waals surface area contributed by atoms with E-state index >= 15 is 0 Å². The first-order valence-corrected chi connectivity index (χ1v) is 10.9. The first-order valence-electron chi connectivity index (χ1n) is 9.18. The average Bonchev–Trinajstić information content (AvgIpc) is 2.73. The Kier molecular flexibility index (Phi) is 8.30. The van der Waals surface area contributed by atoms with E-state index in [-0.39, 0.29) is 17.8 Å². The van der Waals surface area contributed by atoms with E-state index < -0.39 is 48.0 Å². The lowest BCUT2D eigenvalue weighted by Crippen LogP contribution is -2.52. The van der Waals surface area contributed by atoms with Crippen molar-refractivity contribution < 1.29 is 32.9 Å². The molecular formula is C19H21BrF3N3O4S. The zero-order chi connectivity index (χ0) is 22.5. The van der Waals surface area contributed by atoms with Gasteiger partial charge >= 0.3 is 0 Å². The minimum Gasteiger partial charge on any atom is -0.397 e. The maximum atomic E-state index is 13.4. The molecule has 12 heteroatoms. The third kappa shape index (κ3) is 6.18. The Bertz CT molecular complexity index is 879. The molecule has 4 unspecified atom stereocenters. The third-order valence-corrected chi connectivity index (χ3v) is 6.05. The van der Waals surface area contributed by atoms with E-state index in [1.165, 1.54) is 18.0 Å². The second kappa shape index (κ2) is 10.7. The number of rotatable bonds is 7. The molecule has 1 saturated heterocycles. The van der Waals surface area contributed by atoms with Gasteiger partial charge in [-0.25, -0.2) is 13.2 Å². The zero-order valence-electron chi connectivity index (χ0n) is 16.0. The minimum absolute atomic E-state index is 0.0291. The van der Waals surface area contributed by atoms with Gasteiger partial charge in [-0.3, -0.25) is 0 Å². The van der Waals surface area contributed by atoms with Crippen LogP contribution >= 0.6 is 27.7 Å². The Morgan fingerprint density at radius 3 is 2.65 bits per heavy atom. The normalized spacial score (nSPS) is 26.7. The highest BCUT2D eigenvalue weighted by atomic mass is 79.9. The molecule has 1 fully saturated rings. The molecule has 0 saturated carbocycles. The van der Waals surface area contributed by atoms with E-state index in [1.807, 2.05) is 6.08 Å². The fraction of sp³-hybridized carbons (Fsp3) is 0.368. The summed E-state index contributed by atoms with van der Waals surface area (Å²) < 4.78 is 52.2. The van der Waals surface area contributed by atoms with E-state index in [0.717, 1.165) is 21.5 Å². The summed E-state index contributed by atoms with van der Waals surface area (Å²) in [6.07, 6.45) is 2.09. The molecule has 1 aromatic carbocycles. The molecule has 0 bridgehead atoms. The molecule has 0 aromatic heterocycles. The van der Waals surface area contributed by atoms with Crippen LogP contribution in [0.1, 0.15) is 5.56 Å². The number of thioether (sulfide) groups is 1. The molecule has 0 aliphatic carbocycles. The molecular weight excluding hydrogens is 503 g/mol. The summed E-state index contributed by atoms with van der Waals surface area (Å²) in [4.78, 5) is 0.845. The highest BCUT2D eigenvalue weighted by Gasteiger charge is 2.38. The van der Waals surface area contributed by atoms with Crippen molar-refractivity contribution in [1.29, 1.82) is 0 Å². The second-order valence-electron chi connectivity index (χ2n) is 6.69. The number of halogens is 4. The first kappa shape index (κ1) is 24.0. The van der Waals surface area contributed by atoms with Gasteiger partial charge in [0, 0.05) is 40.4 Å².